The largest absolute Gasteiger partial charge is 0.343 e. The first-order valence-corrected chi connectivity index (χ1v) is 6.77. The minimum Gasteiger partial charge on any atom is -0.343 e. The average molecular weight is 266 g/mol. The molecule has 0 spiro atoms. The minimum absolute atomic E-state index is 0.0782. The van der Waals surface area contributed by atoms with Gasteiger partial charge in [-0.2, -0.15) is 0 Å². The summed E-state index contributed by atoms with van der Waals surface area (Å²) < 4.78 is 13.2. The van der Waals surface area contributed by atoms with Crippen molar-refractivity contribution in [2.24, 2.45) is 11.7 Å². The first-order chi connectivity index (χ1) is 9.03. The van der Waals surface area contributed by atoms with Crippen molar-refractivity contribution in [2.75, 3.05) is 19.6 Å². The van der Waals surface area contributed by atoms with Crippen LogP contribution < -0.4 is 5.73 Å². The number of carbonyl (C=O) groups excluding carboxylic acids is 1. The summed E-state index contributed by atoms with van der Waals surface area (Å²) >= 11 is 0. The van der Waals surface area contributed by atoms with E-state index in [4.69, 9.17) is 5.73 Å². The fraction of sp³-hybridized carbons (Fsp3) is 0.533. The second-order valence-electron chi connectivity index (χ2n) is 4.73. The molecule has 1 aromatic rings. The summed E-state index contributed by atoms with van der Waals surface area (Å²) in [6.45, 7) is 7.32. The molecule has 3 nitrogen and oxygen atoms in total. The number of rotatable bonds is 6. The second kappa shape index (κ2) is 7.24. The molecule has 19 heavy (non-hydrogen) atoms. The van der Waals surface area contributed by atoms with E-state index in [0.29, 0.717) is 31.6 Å². The van der Waals surface area contributed by atoms with E-state index in [2.05, 4.69) is 0 Å². The van der Waals surface area contributed by atoms with E-state index in [1.165, 1.54) is 6.07 Å². The fourth-order valence-electron chi connectivity index (χ4n) is 2.18. The third-order valence-electron chi connectivity index (χ3n) is 3.41. The van der Waals surface area contributed by atoms with Gasteiger partial charge in [0.2, 0.25) is 5.91 Å². The van der Waals surface area contributed by atoms with Gasteiger partial charge in [0.05, 0.1) is 5.92 Å². The van der Waals surface area contributed by atoms with Gasteiger partial charge >= 0.3 is 0 Å². The molecule has 1 amide bonds. The van der Waals surface area contributed by atoms with Gasteiger partial charge in [0, 0.05) is 19.6 Å². The molecule has 0 fully saturated rings. The highest BCUT2D eigenvalue weighted by atomic mass is 19.1. The average Bonchev–Trinajstić information content (AvgIpc) is 2.41. The van der Waals surface area contributed by atoms with Crippen molar-refractivity contribution in [1.82, 2.24) is 4.90 Å². The minimum atomic E-state index is -0.232. The fourth-order valence-corrected chi connectivity index (χ4v) is 2.18. The number of nitrogens with zero attached hydrogens (tertiary/aromatic N) is 1. The maximum Gasteiger partial charge on any atom is 0.227 e. The molecule has 0 aromatic heterocycles. The SMILES string of the molecule is CCN(CC)C(=O)C(CN)Cc1ccc(F)c(C)c1. The maximum atomic E-state index is 13.2. The summed E-state index contributed by atoms with van der Waals surface area (Å²) in [7, 11) is 0. The summed E-state index contributed by atoms with van der Waals surface area (Å²) in [4.78, 5) is 14.1. The van der Waals surface area contributed by atoms with E-state index in [9.17, 15) is 9.18 Å². The number of hydrogen-bond acceptors (Lipinski definition) is 2. The second-order valence-corrected chi connectivity index (χ2v) is 4.73. The van der Waals surface area contributed by atoms with E-state index < -0.39 is 0 Å². The van der Waals surface area contributed by atoms with Crippen LogP contribution in [0.2, 0.25) is 0 Å². The van der Waals surface area contributed by atoms with Gasteiger partial charge in [-0.05, 0) is 44.4 Å². The molecule has 0 aliphatic rings. The summed E-state index contributed by atoms with van der Waals surface area (Å²) in [6.07, 6.45) is 0.562. The van der Waals surface area contributed by atoms with Crippen LogP contribution in [0.25, 0.3) is 0 Å². The number of carbonyl (C=O) groups is 1. The smallest absolute Gasteiger partial charge is 0.227 e. The lowest BCUT2D eigenvalue weighted by molar-refractivity contribution is -0.134. The van der Waals surface area contributed by atoms with Gasteiger partial charge < -0.3 is 10.6 Å². The van der Waals surface area contributed by atoms with Crippen LogP contribution in [0.5, 0.6) is 0 Å². The van der Waals surface area contributed by atoms with Crippen molar-refractivity contribution in [3.63, 3.8) is 0 Å². The van der Waals surface area contributed by atoms with Crippen LogP contribution >= 0.6 is 0 Å². The number of aryl methyl sites for hydroxylation is 1. The molecule has 1 unspecified atom stereocenters. The van der Waals surface area contributed by atoms with Crippen LogP contribution in [-0.4, -0.2) is 30.4 Å². The van der Waals surface area contributed by atoms with E-state index in [1.807, 2.05) is 13.8 Å². The Morgan fingerprint density at radius 2 is 2.00 bits per heavy atom. The Kier molecular flexibility index (Phi) is 5.96. The van der Waals surface area contributed by atoms with Gasteiger partial charge in [0.1, 0.15) is 5.82 Å². The standard InChI is InChI=1S/C15H23FN2O/c1-4-18(5-2)15(19)13(10-17)9-12-6-7-14(16)11(3)8-12/h6-8,13H,4-5,9-10,17H2,1-3H3. The summed E-state index contributed by atoms with van der Waals surface area (Å²) in [6, 6.07) is 4.95. The molecular formula is C15H23FN2O. The third-order valence-corrected chi connectivity index (χ3v) is 3.41. The van der Waals surface area contributed by atoms with Crippen LogP contribution in [0.3, 0.4) is 0 Å². The van der Waals surface area contributed by atoms with Gasteiger partial charge in [-0.3, -0.25) is 4.79 Å². The summed E-state index contributed by atoms with van der Waals surface area (Å²) in [5, 5.41) is 0. The molecular weight excluding hydrogens is 243 g/mol. The van der Waals surface area contributed by atoms with Crippen LogP contribution in [0.1, 0.15) is 25.0 Å². The molecule has 0 aliphatic carbocycles. The highest BCUT2D eigenvalue weighted by Crippen LogP contribution is 2.15. The van der Waals surface area contributed by atoms with Crippen LogP contribution in [0, 0.1) is 18.7 Å². The van der Waals surface area contributed by atoms with Gasteiger partial charge in [0.15, 0.2) is 0 Å². The molecule has 2 N–H and O–H groups in total. The Labute approximate surface area is 114 Å². The molecule has 106 valence electrons. The molecule has 0 saturated carbocycles. The van der Waals surface area contributed by atoms with Gasteiger partial charge in [-0.15, -0.1) is 0 Å². The first-order valence-electron chi connectivity index (χ1n) is 6.77. The predicted octanol–water partition coefficient (Wildman–Crippen LogP) is 2.12. The highest BCUT2D eigenvalue weighted by molar-refractivity contribution is 5.79. The lowest BCUT2D eigenvalue weighted by atomic mass is 9.96. The summed E-state index contributed by atoms with van der Waals surface area (Å²) in [5.41, 5.74) is 7.27. The zero-order chi connectivity index (χ0) is 14.4. The third kappa shape index (κ3) is 4.03. The molecule has 1 atom stereocenters. The zero-order valence-electron chi connectivity index (χ0n) is 11.9. The van der Waals surface area contributed by atoms with E-state index in [1.54, 1.807) is 24.0 Å². The Hall–Kier alpha value is -1.42. The Balaban J connectivity index is 2.81. The Morgan fingerprint density at radius 1 is 1.37 bits per heavy atom. The molecule has 0 heterocycles. The van der Waals surface area contributed by atoms with Gasteiger partial charge in [-0.25, -0.2) is 4.39 Å². The van der Waals surface area contributed by atoms with Crippen LogP contribution in [0.4, 0.5) is 4.39 Å². The quantitative estimate of drug-likeness (QED) is 0.857. The number of amides is 1. The predicted molar refractivity (Wildman–Crippen MR) is 75.3 cm³/mol. The number of halogens is 1. The summed E-state index contributed by atoms with van der Waals surface area (Å²) in [5.74, 6) is -0.373. The molecule has 0 bridgehead atoms. The van der Waals surface area contributed by atoms with Crippen molar-refractivity contribution < 1.29 is 9.18 Å². The van der Waals surface area contributed by atoms with Crippen molar-refractivity contribution in [1.29, 1.82) is 0 Å². The number of benzene rings is 1. The van der Waals surface area contributed by atoms with Crippen molar-refractivity contribution in [2.45, 2.75) is 27.2 Å². The van der Waals surface area contributed by atoms with E-state index in [0.717, 1.165) is 5.56 Å². The zero-order valence-corrected chi connectivity index (χ0v) is 11.9. The maximum absolute atomic E-state index is 13.2. The number of nitrogens with two attached hydrogens (primary N) is 1. The van der Waals surface area contributed by atoms with Crippen LogP contribution in [-0.2, 0) is 11.2 Å². The first kappa shape index (κ1) is 15.6. The molecule has 0 saturated heterocycles. The lowest BCUT2D eigenvalue weighted by Crippen LogP contribution is -2.39. The molecule has 1 aromatic carbocycles. The van der Waals surface area contributed by atoms with Gasteiger partial charge in [0.25, 0.3) is 0 Å². The monoisotopic (exact) mass is 266 g/mol. The van der Waals surface area contributed by atoms with Crippen molar-refractivity contribution >= 4 is 5.91 Å². The lowest BCUT2D eigenvalue weighted by Gasteiger charge is -2.24. The van der Waals surface area contributed by atoms with Crippen LogP contribution in [0.15, 0.2) is 18.2 Å². The van der Waals surface area contributed by atoms with Gasteiger partial charge in [-0.1, -0.05) is 12.1 Å². The molecule has 0 radical (unpaired) electrons. The Morgan fingerprint density at radius 3 is 2.47 bits per heavy atom. The molecule has 4 heteroatoms. The number of hydrogen-bond donors (Lipinski definition) is 1. The normalized spacial score (nSPS) is 12.3. The van der Waals surface area contributed by atoms with E-state index in [-0.39, 0.29) is 17.6 Å². The highest BCUT2D eigenvalue weighted by Gasteiger charge is 2.21. The molecule has 0 aliphatic heterocycles. The topological polar surface area (TPSA) is 46.3 Å². The van der Waals surface area contributed by atoms with Crippen molar-refractivity contribution in [3.05, 3.63) is 35.1 Å². The Bertz CT molecular complexity index is 430. The molecule has 1 rings (SSSR count). The van der Waals surface area contributed by atoms with Crippen molar-refractivity contribution in [3.8, 4) is 0 Å². The van der Waals surface area contributed by atoms with E-state index >= 15 is 0 Å².